The van der Waals surface area contributed by atoms with Gasteiger partial charge in [-0.1, -0.05) is 67.6 Å². The molecule has 0 atom stereocenters. The molecule has 1 aliphatic carbocycles. The third-order valence-electron chi connectivity index (χ3n) is 5.26. The van der Waals surface area contributed by atoms with E-state index in [1.54, 1.807) is 13.2 Å². The smallest absolute Gasteiger partial charge is 0.232 e. The lowest BCUT2D eigenvalue weighted by molar-refractivity contribution is 0.415. The monoisotopic (exact) mass is 423 g/mol. The van der Waals surface area contributed by atoms with Crippen molar-refractivity contribution < 1.29 is 4.74 Å². The summed E-state index contributed by atoms with van der Waals surface area (Å²) in [7, 11) is 1.60. The number of benzene rings is 2. The van der Waals surface area contributed by atoms with Crippen molar-refractivity contribution in [2.24, 2.45) is 0 Å². The zero-order chi connectivity index (χ0) is 20.8. The second kappa shape index (κ2) is 9.76. The highest BCUT2D eigenvalue weighted by atomic mass is 35.5. The highest BCUT2D eigenvalue weighted by Gasteiger charge is 2.16. The second-order valence-corrected chi connectivity index (χ2v) is 7.89. The van der Waals surface area contributed by atoms with E-state index >= 15 is 0 Å². The van der Waals surface area contributed by atoms with Crippen LogP contribution >= 0.6 is 11.6 Å². The molecule has 2 aromatic carbocycles. The van der Waals surface area contributed by atoms with Gasteiger partial charge in [0.2, 0.25) is 11.9 Å². The SMILES string of the molecule is COc1ccc(Nc2nc(NC3CCCCCC3)nc(-c3ccccc3)n2)cc1Cl. The molecule has 1 fully saturated rings. The lowest BCUT2D eigenvalue weighted by atomic mass is 10.1. The van der Waals surface area contributed by atoms with Crippen molar-refractivity contribution in [1.82, 2.24) is 15.0 Å². The fourth-order valence-corrected chi connectivity index (χ4v) is 3.95. The van der Waals surface area contributed by atoms with E-state index in [2.05, 4.69) is 20.6 Å². The fourth-order valence-electron chi connectivity index (χ4n) is 3.69. The van der Waals surface area contributed by atoms with Gasteiger partial charge in [-0.05, 0) is 31.0 Å². The van der Waals surface area contributed by atoms with Gasteiger partial charge in [-0.25, -0.2) is 0 Å². The van der Waals surface area contributed by atoms with Crippen molar-refractivity contribution in [3.63, 3.8) is 0 Å². The van der Waals surface area contributed by atoms with Crippen molar-refractivity contribution in [3.8, 4) is 17.1 Å². The van der Waals surface area contributed by atoms with Crippen molar-refractivity contribution in [3.05, 3.63) is 53.6 Å². The number of hydrogen-bond donors (Lipinski definition) is 2. The minimum absolute atomic E-state index is 0.391. The molecule has 0 radical (unpaired) electrons. The number of halogens is 1. The van der Waals surface area contributed by atoms with Gasteiger partial charge in [0.1, 0.15) is 5.75 Å². The molecule has 4 rings (SSSR count). The van der Waals surface area contributed by atoms with Crippen molar-refractivity contribution in [2.45, 2.75) is 44.6 Å². The maximum Gasteiger partial charge on any atom is 0.232 e. The molecular weight excluding hydrogens is 398 g/mol. The number of aromatic nitrogens is 3. The molecule has 1 saturated carbocycles. The van der Waals surface area contributed by atoms with E-state index < -0.39 is 0 Å². The molecule has 30 heavy (non-hydrogen) atoms. The highest BCUT2D eigenvalue weighted by Crippen LogP contribution is 2.29. The average Bonchev–Trinajstić information content (AvgIpc) is 3.03. The predicted molar refractivity (Wildman–Crippen MR) is 122 cm³/mol. The Morgan fingerprint density at radius 1 is 0.900 bits per heavy atom. The van der Waals surface area contributed by atoms with Crippen molar-refractivity contribution in [1.29, 1.82) is 0 Å². The largest absolute Gasteiger partial charge is 0.495 e. The molecule has 0 spiro atoms. The lowest BCUT2D eigenvalue weighted by Crippen LogP contribution is -2.20. The Balaban J connectivity index is 1.63. The number of nitrogens with zero attached hydrogens (tertiary/aromatic N) is 3. The van der Waals surface area contributed by atoms with Crippen LogP contribution in [0.3, 0.4) is 0 Å². The first kappa shape index (κ1) is 20.4. The first-order valence-electron chi connectivity index (χ1n) is 10.4. The highest BCUT2D eigenvalue weighted by molar-refractivity contribution is 6.32. The van der Waals surface area contributed by atoms with Gasteiger partial charge in [0.15, 0.2) is 5.82 Å². The summed E-state index contributed by atoms with van der Waals surface area (Å²) < 4.78 is 5.23. The third-order valence-corrected chi connectivity index (χ3v) is 5.56. The number of anilines is 3. The third kappa shape index (κ3) is 5.19. The van der Waals surface area contributed by atoms with Crippen LogP contribution in [0.4, 0.5) is 17.6 Å². The van der Waals surface area contributed by atoms with E-state index in [0.29, 0.717) is 34.5 Å². The summed E-state index contributed by atoms with van der Waals surface area (Å²) in [5, 5.41) is 7.32. The maximum absolute atomic E-state index is 6.27. The molecule has 0 saturated heterocycles. The van der Waals surface area contributed by atoms with Crippen LogP contribution in [-0.4, -0.2) is 28.1 Å². The Kier molecular flexibility index (Phi) is 6.64. The molecule has 0 amide bonds. The van der Waals surface area contributed by atoms with Gasteiger partial charge >= 0.3 is 0 Å². The Bertz CT molecular complexity index is 975. The van der Waals surface area contributed by atoms with E-state index in [4.69, 9.17) is 21.3 Å². The Morgan fingerprint density at radius 3 is 2.33 bits per heavy atom. The number of hydrogen-bond acceptors (Lipinski definition) is 6. The number of methoxy groups -OCH3 is 1. The second-order valence-electron chi connectivity index (χ2n) is 7.48. The Labute approximate surface area is 182 Å². The minimum atomic E-state index is 0.391. The summed E-state index contributed by atoms with van der Waals surface area (Å²) in [5.74, 6) is 2.32. The first-order valence-corrected chi connectivity index (χ1v) is 10.8. The van der Waals surface area contributed by atoms with Crippen molar-refractivity contribution >= 4 is 29.2 Å². The van der Waals surface area contributed by atoms with Gasteiger partial charge in [-0.2, -0.15) is 15.0 Å². The topological polar surface area (TPSA) is 72.0 Å². The van der Waals surface area contributed by atoms with Gasteiger partial charge < -0.3 is 15.4 Å². The van der Waals surface area contributed by atoms with Crippen LogP contribution in [0.1, 0.15) is 38.5 Å². The van der Waals surface area contributed by atoms with Gasteiger partial charge in [-0.15, -0.1) is 0 Å². The fraction of sp³-hybridized carbons (Fsp3) is 0.348. The normalized spacial score (nSPS) is 14.7. The van der Waals surface area contributed by atoms with E-state index in [-0.39, 0.29) is 0 Å². The number of rotatable bonds is 6. The molecule has 0 bridgehead atoms. The van der Waals surface area contributed by atoms with Crippen LogP contribution in [0.25, 0.3) is 11.4 Å². The van der Waals surface area contributed by atoms with E-state index in [9.17, 15) is 0 Å². The van der Waals surface area contributed by atoms with Gasteiger partial charge in [0.25, 0.3) is 0 Å². The zero-order valence-electron chi connectivity index (χ0n) is 17.1. The van der Waals surface area contributed by atoms with Crippen LogP contribution in [0, 0.1) is 0 Å². The Hall–Kier alpha value is -2.86. The van der Waals surface area contributed by atoms with Gasteiger partial charge in [0.05, 0.1) is 12.1 Å². The number of nitrogens with one attached hydrogen (secondary N) is 2. The molecule has 0 unspecified atom stereocenters. The minimum Gasteiger partial charge on any atom is -0.495 e. The number of ether oxygens (including phenoxy) is 1. The molecule has 0 aliphatic heterocycles. The first-order chi connectivity index (χ1) is 14.7. The molecule has 3 aromatic rings. The summed E-state index contributed by atoms with van der Waals surface area (Å²) in [6.45, 7) is 0. The van der Waals surface area contributed by atoms with E-state index in [1.807, 2.05) is 42.5 Å². The molecule has 156 valence electrons. The lowest BCUT2D eigenvalue weighted by Gasteiger charge is -2.17. The molecular formula is C23H26ClN5O. The molecule has 1 heterocycles. The van der Waals surface area contributed by atoms with Crippen LogP contribution in [-0.2, 0) is 0 Å². The summed E-state index contributed by atoms with van der Waals surface area (Å²) in [6.07, 6.45) is 7.37. The zero-order valence-corrected chi connectivity index (χ0v) is 17.8. The quantitative estimate of drug-likeness (QED) is 0.468. The predicted octanol–water partition coefficient (Wildman–Crippen LogP) is 6.08. The average molecular weight is 424 g/mol. The molecule has 6 nitrogen and oxygen atoms in total. The molecule has 7 heteroatoms. The summed E-state index contributed by atoms with van der Waals surface area (Å²) >= 11 is 6.27. The standard InChI is InChI=1S/C23H26ClN5O/c1-30-20-14-13-18(15-19(20)24)26-23-28-21(16-9-5-4-6-10-16)27-22(29-23)25-17-11-7-2-3-8-12-17/h4-6,9-10,13-15,17H,2-3,7-8,11-12H2,1H3,(H2,25,26,27,28,29). The summed E-state index contributed by atoms with van der Waals surface area (Å²) in [4.78, 5) is 14.0. The van der Waals surface area contributed by atoms with Crippen LogP contribution in [0.15, 0.2) is 48.5 Å². The maximum atomic E-state index is 6.27. The molecule has 1 aliphatic rings. The van der Waals surface area contributed by atoms with E-state index in [0.717, 1.165) is 24.1 Å². The van der Waals surface area contributed by atoms with Gasteiger partial charge in [-0.3, -0.25) is 0 Å². The van der Waals surface area contributed by atoms with Gasteiger partial charge in [0, 0.05) is 17.3 Å². The van der Waals surface area contributed by atoms with E-state index in [1.165, 1.54) is 25.7 Å². The summed E-state index contributed by atoms with van der Waals surface area (Å²) in [5.41, 5.74) is 1.73. The van der Waals surface area contributed by atoms with Crippen molar-refractivity contribution in [2.75, 3.05) is 17.7 Å². The van der Waals surface area contributed by atoms with Crippen LogP contribution < -0.4 is 15.4 Å². The Morgan fingerprint density at radius 2 is 1.63 bits per heavy atom. The van der Waals surface area contributed by atoms with Crippen LogP contribution in [0.5, 0.6) is 5.75 Å². The van der Waals surface area contributed by atoms with Crippen LogP contribution in [0.2, 0.25) is 5.02 Å². The summed E-state index contributed by atoms with van der Waals surface area (Å²) in [6, 6.07) is 15.8. The molecule has 1 aromatic heterocycles. The molecule has 2 N–H and O–H groups in total.